The molecule has 12 aromatic rings. The lowest BCUT2D eigenvalue weighted by Gasteiger charge is -2.25. The number of hydrogen-bond donors (Lipinski definition) is 0. The molecule has 0 bridgehead atoms. The fourth-order valence-corrected chi connectivity index (χ4v) is 16.2. The number of benzene rings is 9. The Balaban J connectivity index is 1.09. The first-order valence-corrected chi connectivity index (χ1v) is 21.3. The van der Waals surface area contributed by atoms with Crippen molar-refractivity contribution < 1.29 is 9.53 Å². The third-order valence-electron chi connectivity index (χ3n) is 17.3. The van der Waals surface area contributed by atoms with Crippen LogP contribution in [0, 0.1) is 5.92 Å². The average Bonchev–Trinajstić information content (AvgIpc) is 3.88. The van der Waals surface area contributed by atoms with E-state index in [2.05, 4.69) is 74.5 Å². The summed E-state index contributed by atoms with van der Waals surface area (Å²) in [5.41, 5.74) is 12.3. The molecule has 1 fully saturated rings. The minimum Gasteiger partial charge on any atom is -0.465 e. The van der Waals surface area contributed by atoms with Gasteiger partial charge in [0, 0.05) is 23.2 Å². The van der Waals surface area contributed by atoms with Gasteiger partial charge < -0.3 is 4.74 Å². The maximum absolute atomic E-state index is 13.2. The molecule has 0 heterocycles. The molecule has 0 aromatic heterocycles. The van der Waals surface area contributed by atoms with Crippen molar-refractivity contribution in [2.45, 2.75) is 69.1 Å². The van der Waals surface area contributed by atoms with Crippen LogP contribution in [-0.2, 0) is 39.6 Å². The van der Waals surface area contributed by atoms with Crippen molar-refractivity contribution >= 4 is 125 Å². The highest BCUT2D eigenvalue weighted by molar-refractivity contribution is 6.63. The lowest BCUT2D eigenvalue weighted by atomic mass is 9.77. The lowest BCUT2D eigenvalue weighted by molar-refractivity contribution is -0.144. The van der Waals surface area contributed by atoms with Gasteiger partial charge in [-0.3, -0.25) is 4.79 Å². The zero-order valence-electron chi connectivity index (χ0n) is 31.2. The first-order valence-electron chi connectivity index (χ1n) is 21.3. The second-order valence-electron chi connectivity index (χ2n) is 19.8. The molecular weight excluding hydrogens is 681 g/mol. The van der Waals surface area contributed by atoms with Crippen LogP contribution in [0.15, 0.2) is 54.6 Å². The number of rotatable bonds is 7. The minimum absolute atomic E-state index is 0.0500. The fourth-order valence-electron chi connectivity index (χ4n) is 16.2. The Kier molecular flexibility index (Phi) is 3.64. The van der Waals surface area contributed by atoms with Crippen LogP contribution >= 0.6 is 0 Å². The van der Waals surface area contributed by atoms with Gasteiger partial charge >= 0.3 is 5.97 Å². The van der Waals surface area contributed by atoms with Gasteiger partial charge in [0.1, 0.15) is 0 Å². The van der Waals surface area contributed by atoms with Gasteiger partial charge in [-0.2, -0.15) is 0 Å². The number of carbonyl (C=O) groups is 1. The standard InChI is InChI=1S/C54H32O2/c1-20(2)19-56-30(55)9-6-10-53(28-7-4-3-5-8-28)52-29-17-26-15-23-13-24-12-21-11-22-14-25-16-27-18-54(52,53)51-37(27)42-36(25)41-32(22)31(21)39-35(24)40-33(23)34(26)43-38(29)50(51)49-47(42)45(41)44(39)46(40)48(43)49/h3-5,7-8,13-14,16-18,20,52H,6,9-12,15,19H2,1-2H3. The topological polar surface area (TPSA) is 26.3 Å². The number of carbonyl (C=O) groups excluding carboxylic acids is 1. The van der Waals surface area contributed by atoms with Crippen molar-refractivity contribution in [2.24, 2.45) is 5.92 Å². The summed E-state index contributed by atoms with van der Waals surface area (Å²) in [5, 5.41) is 34.7. The molecule has 0 saturated heterocycles. The normalized spacial score (nSPS) is 23.6. The summed E-state index contributed by atoms with van der Waals surface area (Å²) in [4.78, 5) is 13.2. The zero-order chi connectivity index (χ0) is 35.8. The van der Waals surface area contributed by atoms with Crippen LogP contribution in [0.5, 0.6) is 0 Å². The summed E-state index contributed by atoms with van der Waals surface area (Å²) in [6.07, 6.45) is 8.27. The third kappa shape index (κ3) is 2.18. The van der Waals surface area contributed by atoms with E-state index in [-0.39, 0.29) is 16.8 Å². The smallest absolute Gasteiger partial charge is 0.305 e. The van der Waals surface area contributed by atoms with Gasteiger partial charge in [0.05, 0.1) is 6.61 Å². The molecule has 0 radical (unpaired) electrons. The maximum Gasteiger partial charge on any atom is 0.305 e. The molecule has 2 heteroatoms. The summed E-state index contributed by atoms with van der Waals surface area (Å²) in [6.45, 7) is 4.73. The molecule has 18 rings (SSSR count). The van der Waals surface area contributed by atoms with Crippen molar-refractivity contribution in [1.82, 2.24) is 0 Å². The Morgan fingerprint density at radius 2 is 1.30 bits per heavy atom. The Morgan fingerprint density at radius 1 is 0.661 bits per heavy atom. The van der Waals surface area contributed by atoms with Crippen LogP contribution in [-0.4, -0.2) is 12.6 Å². The van der Waals surface area contributed by atoms with Crippen LogP contribution < -0.4 is 10.4 Å². The van der Waals surface area contributed by atoms with Crippen LogP contribution in [0.25, 0.3) is 119 Å². The quantitative estimate of drug-likeness (QED) is 0.121. The summed E-state index contributed by atoms with van der Waals surface area (Å²) in [7, 11) is 0. The summed E-state index contributed by atoms with van der Waals surface area (Å²) >= 11 is 0. The van der Waals surface area contributed by atoms with E-state index in [1.54, 1.807) is 147 Å². The van der Waals surface area contributed by atoms with Gasteiger partial charge in [-0.05, 0) is 201 Å². The van der Waals surface area contributed by atoms with E-state index in [4.69, 9.17) is 4.74 Å². The van der Waals surface area contributed by atoms with E-state index in [0.29, 0.717) is 24.9 Å². The van der Waals surface area contributed by atoms with Crippen molar-refractivity contribution in [3.63, 3.8) is 0 Å². The van der Waals surface area contributed by atoms with Crippen LogP contribution in [0.4, 0.5) is 0 Å². The third-order valence-corrected chi connectivity index (χ3v) is 17.3. The van der Waals surface area contributed by atoms with Crippen molar-refractivity contribution in [3.8, 4) is 0 Å². The van der Waals surface area contributed by atoms with Crippen LogP contribution in [0.3, 0.4) is 0 Å². The fraction of sp³-hybridized carbons (Fsp3) is 0.241. The Bertz CT molecular complexity index is 4090. The lowest BCUT2D eigenvalue weighted by Crippen LogP contribution is -2.20. The monoisotopic (exact) mass is 712 g/mol. The van der Waals surface area contributed by atoms with Gasteiger partial charge in [-0.1, -0.05) is 74.0 Å². The molecule has 6 aliphatic rings. The summed E-state index contributed by atoms with van der Waals surface area (Å²) in [5.74, 6) is 0.610. The first-order chi connectivity index (χ1) is 27.5. The van der Waals surface area contributed by atoms with Crippen molar-refractivity contribution in [1.29, 1.82) is 0 Å². The van der Waals surface area contributed by atoms with Gasteiger partial charge in [0.15, 0.2) is 0 Å². The highest BCUT2D eigenvalue weighted by Crippen LogP contribution is 2.84. The number of hydrogen-bond acceptors (Lipinski definition) is 2. The second kappa shape index (κ2) is 7.55. The van der Waals surface area contributed by atoms with Crippen LogP contribution in [0.1, 0.15) is 78.0 Å². The molecule has 0 N–H and O–H groups in total. The SMILES string of the molecule is CC(C)COC(=O)CCCC1(c2ccccc2)C2c3cc4c5c6c(cc7c8c9c%10c%11c(cc%12cc%13c%14c(c%15c3c5c3c%15c5c%14c%12c%11c5c9c3c68)C21C=%13)CC=%10C7)C4. The summed E-state index contributed by atoms with van der Waals surface area (Å²) < 4.78 is 5.78. The predicted octanol–water partition coefficient (Wildman–Crippen LogP) is 10.9. The first kappa shape index (κ1) is 27.0. The molecule has 0 amide bonds. The van der Waals surface area contributed by atoms with E-state index in [1.807, 2.05) is 0 Å². The molecule has 260 valence electrons. The second-order valence-corrected chi connectivity index (χ2v) is 19.8. The number of ether oxygens (including phenoxy) is 1. The number of fused-ring (bicyclic) bond motifs is 1. The average molecular weight is 713 g/mol. The largest absolute Gasteiger partial charge is 0.465 e. The Morgan fingerprint density at radius 3 is 2.11 bits per heavy atom. The van der Waals surface area contributed by atoms with Gasteiger partial charge in [0.25, 0.3) is 0 Å². The molecule has 56 heavy (non-hydrogen) atoms. The van der Waals surface area contributed by atoms with Crippen LogP contribution in [0.2, 0.25) is 0 Å². The molecule has 1 spiro atoms. The molecule has 12 aromatic carbocycles. The molecule has 6 aliphatic carbocycles. The van der Waals surface area contributed by atoms with Crippen molar-refractivity contribution in [3.05, 3.63) is 104 Å². The Hall–Kier alpha value is -5.73. The van der Waals surface area contributed by atoms with E-state index in [0.717, 1.165) is 32.1 Å². The van der Waals surface area contributed by atoms with E-state index in [9.17, 15) is 4.79 Å². The zero-order valence-corrected chi connectivity index (χ0v) is 31.2. The minimum atomic E-state index is -0.162. The molecular formula is C54H32O2. The molecule has 0 aliphatic heterocycles. The van der Waals surface area contributed by atoms with E-state index >= 15 is 0 Å². The van der Waals surface area contributed by atoms with E-state index < -0.39 is 0 Å². The highest BCUT2D eigenvalue weighted by atomic mass is 16.5. The molecule has 2 nitrogen and oxygen atoms in total. The van der Waals surface area contributed by atoms with E-state index in [1.165, 1.54) is 16.2 Å². The molecule has 3 atom stereocenters. The van der Waals surface area contributed by atoms with Gasteiger partial charge in [0.2, 0.25) is 0 Å². The predicted molar refractivity (Wildman–Crippen MR) is 229 cm³/mol. The van der Waals surface area contributed by atoms with Gasteiger partial charge in [-0.25, -0.2) is 0 Å². The molecule has 3 unspecified atom stereocenters. The number of esters is 1. The Labute approximate surface area is 319 Å². The highest BCUT2D eigenvalue weighted by Gasteiger charge is 2.79. The maximum atomic E-state index is 13.2. The summed E-state index contributed by atoms with van der Waals surface area (Å²) in [6, 6.07) is 22.2. The van der Waals surface area contributed by atoms with Crippen molar-refractivity contribution in [2.75, 3.05) is 6.61 Å². The molecule has 1 saturated carbocycles. The van der Waals surface area contributed by atoms with Gasteiger partial charge in [-0.15, -0.1) is 0 Å².